The molecule has 0 radical (unpaired) electrons. The second kappa shape index (κ2) is 6.25. The van der Waals surface area contributed by atoms with Crippen LogP contribution in [0.25, 0.3) is 0 Å². The van der Waals surface area contributed by atoms with Gasteiger partial charge in [-0.05, 0) is 38.0 Å². The molecule has 1 N–H and O–H groups in total. The van der Waals surface area contributed by atoms with Gasteiger partial charge in [0.1, 0.15) is 5.01 Å². The van der Waals surface area contributed by atoms with Crippen LogP contribution in [0, 0.1) is 6.92 Å². The van der Waals surface area contributed by atoms with E-state index in [4.69, 9.17) is 0 Å². The largest absolute Gasteiger partial charge is 0.347 e. The van der Waals surface area contributed by atoms with Gasteiger partial charge in [0.2, 0.25) is 5.01 Å². The van der Waals surface area contributed by atoms with Crippen molar-refractivity contribution in [3.05, 3.63) is 44.3 Å². The molecule has 0 aliphatic heterocycles. The van der Waals surface area contributed by atoms with Gasteiger partial charge in [-0.2, -0.15) is 0 Å². The number of aryl methyl sites for hydroxylation is 1. The molecule has 6 heteroatoms. The summed E-state index contributed by atoms with van der Waals surface area (Å²) in [5, 5.41) is 11.8. The van der Waals surface area contributed by atoms with Gasteiger partial charge in [-0.3, -0.25) is 4.79 Å². The van der Waals surface area contributed by atoms with Crippen LogP contribution in [0.4, 0.5) is 0 Å². The minimum atomic E-state index is -0.157. The van der Waals surface area contributed by atoms with Gasteiger partial charge < -0.3 is 5.32 Å². The summed E-state index contributed by atoms with van der Waals surface area (Å²) in [6.45, 7) is 3.81. The number of hydrogen-bond acceptors (Lipinski definition) is 4. The molecule has 4 nitrogen and oxygen atoms in total. The van der Waals surface area contributed by atoms with E-state index in [1.807, 2.05) is 38.1 Å². The summed E-state index contributed by atoms with van der Waals surface area (Å²) in [7, 11) is 0. The molecule has 0 fully saturated rings. The van der Waals surface area contributed by atoms with Crippen LogP contribution in [0.15, 0.2) is 28.7 Å². The van der Waals surface area contributed by atoms with Gasteiger partial charge in [0.25, 0.3) is 5.91 Å². The third kappa shape index (κ3) is 4.11. The fourth-order valence-corrected chi connectivity index (χ4v) is 2.56. The van der Waals surface area contributed by atoms with E-state index in [0.29, 0.717) is 5.01 Å². The minimum Gasteiger partial charge on any atom is -0.347 e. The Kier molecular flexibility index (Phi) is 4.66. The third-order valence-electron chi connectivity index (χ3n) is 2.55. The number of amides is 1. The van der Waals surface area contributed by atoms with E-state index in [-0.39, 0.29) is 11.9 Å². The molecule has 1 heterocycles. The number of halogens is 1. The van der Waals surface area contributed by atoms with Crippen molar-refractivity contribution >= 4 is 33.2 Å². The molecule has 2 rings (SSSR count). The third-order valence-corrected chi connectivity index (χ3v) is 3.92. The highest BCUT2D eigenvalue weighted by atomic mass is 79.9. The number of hydrogen-bond donors (Lipinski definition) is 1. The highest BCUT2D eigenvalue weighted by molar-refractivity contribution is 9.10. The molecule has 1 atom stereocenters. The van der Waals surface area contributed by atoms with Crippen molar-refractivity contribution in [3.63, 3.8) is 0 Å². The van der Waals surface area contributed by atoms with Crippen LogP contribution in [0.3, 0.4) is 0 Å². The van der Waals surface area contributed by atoms with E-state index in [2.05, 4.69) is 31.4 Å². The quantitative estimate of drug-likeness (QED) is 0.931. The Labute approximate surface area is 124 Å². The van der Waals surface area contributed by atoms with Crippen molar-refractivity contribution in [2.45, 2.75) is 26.3 Å². The van der Waals surface area contributed by atoms with Crippen molar-refractivity contribution < 1.29 is 4.79 Å². The van der Waals surface area contributed by atoms with Crippen LogP contribution in [-0.4, -0.2) is 22.1 Å². The van der Waals surface area contributed by atoms with E-state index in [1.54, 1.807) is 0 Å². The van der Waals surface area contributed by atoms with Gasteiger partial charge in [0.15, 0.2) is 0 Å². The maximum Gasteiger partial charge on any atom is 0.282 e. The smallest absolute Gasteiger partial charge is 0.282 e. The van der Waals surface area contributed by atoms with Crippen LogP contribution in [0.5, 0.6) is 0 Å². The fourth-order valence-electron chi connectivity index (χ4n) is 1.70. The Morgan fingerprint density at radius 3 is 2.63 bits per heavy atom. The second-order valence-corrected chi connectivity index (χ2v) is 6.43. The summed E-state index contributed by atoms with van der Waals surface area (Å²) in [4.78, 5) is 11.9. The van der Waals surface area contributed by atoms with E-state index < -0.39 is 0 Å². The lowest BCUT2D eigenvalue weighted by atomic mass is 10.1. The molecule has 0 bridgehead atoms. The summed E-state index contributed by atoms with van der Waals surface area (Å²) >= 11 is 4.71. The number of aromatic nitrogens is 2. The molecule has 0 saturated heterocycles. The number of rotatable bonds is 4. The number of carbonyl (C=O) groups excluding carboxylic acids is 1. The average molecular weight is 340 g/mol. The Hall–Kier alpha value is -1.27. The summed E-state index contributed by atoms with van der Waals surface area (Å²) in [5.74, 6) is -0.157. The van der Waals surface area contributed by atoms with E-state index in [0.717, 1.165) is 15.9 Å². The Balaban J connectivity index is 1.92. The lowest BCUT2D eigenvalue weighted by Gasteiger charge is -2.12. The highest BCUT2D eigenvalue weighted by Gasteiger charge is 2.14. The monoisotopic (exact) mass is 339 g/mol. The van der Waals surface area contributed by atoms with Crippen LogP contribution < -0.4 is 5.32 Å². The number of nitrogens with zero attached hydrogens (tertiary/aromatic N) is 2. The molecule has 0 saturated carbocycles. The van der Waals surface area contributed by atoms with Crippen LogP contribution in [0.2, 0.25) is 0 Å². The molecular weight excluding hydrogens is 326 g/mol. The summed E-state index contributed by atoms with van der Waals surface area (Å²) in [5.41, 5.74) is 1.18. The first-order valence-corrected chi connectivity index (χ1v) is 7.51. The topological polar surface area (TPSA) is 54.9 Å². The molecule has 1 aromatic heterocycles. The Morgan fingerprint density at radius 1 is 1.37 bits per heavy atom. The standard InChI is InChI=1S/C13H14BrN3OS/c1-8(7-10-3-5-11(14)6-4-10)15-12(18)13-17-16-9(2)19-13/h3-6,8H,7H2,1-2H3,(H,15,18). The first-order chi connectivity index (χ1) is 9.04. The summed E-state index contributed by atoms with van der Waals surface area (Å²) < 4.78 is 1.05. The predicted molar refractivity (Wildman–Crippen MR) is 79.4 cm³/mol. The zero-order chi connectivity index (χ0) is 13.8. The summed E-state index contributed by atoms with van der Waals surface area (Å²) in [6, 6.07) is 8.14. The van der Waals surface area contributed by atoms with Gasteiger partial charge in [0, 0.05) is 10.5 Å². The molecule has 19 heavy (non-hydrogen) atoms. The number of benzene rings is 1. The molecule has 0 spiro atoms. The molecular formula is C13H14BrN3OS. The average Bonchev–Trinajstić information content (AvgIpc) is 2.79. The minimum absolute atomic E-state index is 0.0536. The summed E-state index contributed by atoms with van der Waals surface area (Å²) in [6.07, 6.45) is 0.788. The predicted octanol–water partition coefficient (Wildman–Crippen LogP) is 2.97. The van der Waals surface area contributed by atoms with Gasteiger partial charge in [-0.15, -0.1) is 10.2 Å². The van der Waals surface area contributed by atoms with Gasteiger partial charge in [0.05, 0.1) is 0 Å². The zero-order valence-electron chi connectivity index (χ0n) is 10.7. The molecule has 1 aromatic carbocycles. The van der Waals surface area contributed by atoms with Gasteiger partial charge in [-0.1, -0.05) is 39.4 Å². The maximum absolute atomic E-state index is 11.9. The van der Waals surface area contributed by atoms with Crippen molar-refractivity contribution in [1.29, 1.82) is 0 Å². The second-order valence-electron chi connectivity index (χ2n) is 4.33. The van der Waals surface area contributed by atoms with Crippen molar-refractivity contribution in [3.8, 4) is 0 Å². The molecule has 0 aliphatic carbocycles. The molecule has 100 valence electrons. The van der Waals surface area contributed by atoms with Crippen LogP contribution in [-0.2, 0) is 6.42 Å². The maximum atomic E-state index is 11.9. The highest BCUT2D eigenvalue weighted by Crippen LogP contribution is 2.12. The van der Waals surface area contributed by atoms with E-state index in [9.17, 15) is 4.79 Å². The van der Waals surface area contributed by atoms with Crippen molar-refractivity contribution in [1.82, 2.24) is 15.5 Å². The van der Waals surface area contributed by atoms with Crippen LogP contribution >= 0.6 is 27.3 Å². The van der Waals surface area contributed by atoms with Gasteiger partial charge in [-0.25, -0.2) is 0 Å². The lowest BCUT2D eigenvalue weighted by molar-refractivity contribution is 0.0939. The van der Waals surface area contributed by atoms with E-state index >= 15 is 0 Å². The first-order valence-electron chi connectivity index (χ1n) is 5.90. The lowest BCUT2D eigenvalue weighted by Crippen LogP contribution is -2.34. The molecule has 2 aromatic rings. The molecule has 1 unspecified atom stereocenters. The fraction of sp³-hybridized carbons (Fsp3) is 0.308. The van der Waals surface area contributed by atoms with Gasteiger partial charge >= 0.3 is 0 Å². The first kappa shape index (κ1) is 14.1. The molecule has 0 aliphatic rings. The number of carbonyl (C=O) groups is 1. The van der Waals surface area contributed by atoms with E-state index in [1.165, 1.54) is 16.9 Å². The Morgan fingerprint density at radius 2 is 2.05 bits per heavy atom. The van der Waals surface area contributed by atoms with Crippen molar-refractivity contribution in [2.75, 3.05) is 0 Å². The van der Waals surface area contributed by atoms with Crippen molar-refractivity contribution in [2.24, 2.45) is 0 Å². The molecule has 1 amide bonds. The Bertz CT molecular complexity index is 568. The van der Waals surface area contributed by atoms with Crippen LogP contribution in [0.1, 0.15) is 27.3 Å². The number of nitrogens with one attached hydrogen (secondary N) is 1. The zero-order valence-corrected chi connectivity index (χ0v) is 13.1. The normalized spacial score (nSPS) is 12.2. The SMILES string of the molecule is Cc1nnc(C(=O)NC(C)Cc2ccc(Br)cc2)s1.